The van der Waals surface area contributed by atoms with Crippen molar-refractivity contribution in [3.8, 4) is 0 Å². The highest BCUT2D eigenvalue weighted by Gasteiger charge is 2.15. The van der Waals surface area contributed by atoms with Gasteiger partial charge in [0.1, 0.15) is 5.82 Å². The molecule has 2 aromatic carbocycles. The van der Waals surface area contributed by atoms with E-state index in [0.29, 0.717) is 0 Å². The van der Waals surface area contributed by atoms with Gasteiger partial charge < -0.3 is 0 Å². The predicted octanol–water partition coefficient (Wildman–Crippen LogP) is 3.81. The summed E-state index contributed by atoms with van der Waals surface area (Å²) in [5.41, 5.74) is 0.0574. The zero-order valence-electron chi connectivity index (χ0n) is 10.2. The fraction of sp³-hybridized carbons (Fsp3) is 0.0714. The average molecular weight is 294 g/mol. The summed E-state index contributed by atoms with van der Waals surface area (Å²) in [6, 6.07) is 9.50. The number of carbonyl (C=O) groups excluding carboxylic acids is 1. The minimum atomic E-state index is -0.633. The van der Waals surface area contributed by atoms with Gasteiger partial charge in [-0.1, -0.05) is 29.8 Å². The van der Waals surface area contributed by atoms with Crippen molar-refractivity contribution in [3.05, 3.63) is 74.5 Å². The third-order valence-corrected chi connectivity index (χ3v) is 2.94. The van der Waals surface area contributed by atoms with E-state index in [4.69, 9.17) is 11.6 Å². The van der Waals surface area contributed by atoms with E-state index >= 15 is 0 Å². The van der Waals surface area contributed by atoms with Gasteiger partial charge in [-0.05, 0) is 17.7 Å². The van der Waals surface area contributed by atoms with Crippen LogP contribution in [0.3, 0.4) is 0 Å². The van der Waals surface area contributed by atoms with E-state index in [-0.39, 0.29) is 28.3 Å². The van der Waals surface area contributed by atoms with Gasteiger partial charge in [0.25, 0.3) is 5.69 Å². The van der Waals surface area contributed by atoms with Crippen LogP contribution in [0.5, 0.6) is 0 Å². The first kappa shape index (κ1) is 14.1. The van der Waals surface area contributed by atoms with E-state index in [2.05, 4.69) is 0 Å². The van der Waals surface area contributed by atoms with Crippen LogP contribution in [-0.4, -0.2) is 10.7 Å². The molecule has 0 atom stereocenters. The van der Waals surface area contributed by atoms with Crippen molar-refractivity contribution >= 4 is 23.1 Å². The number of hydrogen-bond donors (Lipinski definition) is 0. The van der Waals surface area contributed by atoms with E-state index in [1.54, 1.807) is 6.07 Å². The van der Waals surface area contributed by atoms with Crippen molar-refractivity contribution < 1.29 is 14.1 Å². The molecule has 0 radical (unpaired) electrons. The van der Waals surface area contributed by atoms with Crippen LogP contribution in [0.2, 0.25) is 5.02 Å². The SMILES string of the molecule is O=C(Cc1ccccc1F)c1cc(Cl)cc([N+](=O)[O-])c1. The molecule has 2 aromatic rings. The van der Waals surface area contributed by atoms with Crippen LogP contribution < -0.4 is 0 Å². The summed E-state index contributed by atoms with van der Waals surface area (Å²) in [7, 11) is 0. The maximum Gasteiger partial charge on any atom is 0.271 e. The van der Waals surface area contributed by atoms with Gasteiger partial charge in [-0.3, -0.25) is 14.9 Å². The van der Waals surface area contributed by atoms with E-state index in [9.17, 15) is 19.3 Å². The molecule has 0 spiro atoms. The minimum absolute atomic E-state index is 0.0902. The molecule has 0 bridgehead atoms. The molecule has 0 fully saturated rings. The van der Waals surface area contributed by atoms with Crippen molar-refractivity contribution in [3.63, 3.8) is 0 Å². The van der Waals surface area contributed by atoms with Gasteiger partial charge in [0.2, 0.25) is 0 Å². The molecule has 4 nitrogen and oxygen atoms in total. The smallest absolute Gasteiger partial charge is 0.271 e. The van der Waals surface area contributed by atoms with E-state index < -0.39 is 16.5 Å². The molecule has 0 saturated carbocycles. The van der Waals surface area contributed by atoms with Gasteiger partial charge in [-0.25, -0.2) is 4.39 Å². The maximum absolute atomic E-state index is 13.5. The second-order valence-corrected chi connectivity index (χ2v) is 4.58. The standard InChI is InChI=1S/C14H9ClFNO3/c15-11-5-10(6-12(8-11)17(19)20)14(18)7-9-3-1-2-4-13(9)16/h1-6,8H,7H2. The highest BCUT2D eigenvalue weighted by Crippen LogP contribution is 2.22. The number of hydrogen-bond acceptors (Lipinski definition) is 3. The Bertz CT molecular complexity index is 688. The topological polar surface area (TPSA) is 60.2 Å². The second kappa shape index (κ2) is 5.79. The molecular weight excluding hydrogens is 285 g/mol. The Balaban J connectivity index is 2.30. The zero-order valence-corrected chi connectivity index (χ0v) is 10.9. The largest absolute Gasteiger partial charge is 0.294 e. The number of Topliss-reactive ketones (excluding diaryl/α,β-unsaturated/α-hetero) is 1. The van der Waals surface area contributed by atoms with Crippen molar-refractivity contribution in [2.24, 2.45) is 0 Å². The summed E-state index contributed by atoms with van der Waals surface area (Å²) in [5, 5.41) is 10.8. The Morgan fingerprint density at radius 2 is 1.95 bits per heavy atom. The van der Waals surface area contributed by atoms with Gasteiger partial charge in [-0.2, -0.15) is 0 Å². The first-order valence-electron chi connectivity index (χ1n) is 5.69. The monoisotopic (exact) mass is 293 g/mol. The molecule has 6 heteroatoms. The van der Waals surface area contributed by atoms with Crippen LogP contribution in [0, 0.1) is 15.9 Å². The van der Waals surface area contributed by atoms with Crippen LogP contribution in [-0.2, 0) is 6.42 Å². The predicted molar refractivity (Wildman–Crippen MR) is 72.5 cm³/mol. The molecule has 0 aromatic heterocycles. The number of benzene rings is 2. The molecule has 0 aliphatic heterocycles. The first-order chi connectivity index (χ1) is 9.47. The highest BCUT2D eigenvalue weighted by molar-refractivity contribution is 6.31. The number of non-ortho nitro benzene ring substituents is 1. The molecule has 0 heterocycles. The summed E-state index contributed by atoms with van der Waals surface area (Å²) >= 11 is 5.74. The number of carbonyl (C=O) groups is 1. The van der Waals surface area contributed by atoms with Crippen LogP contribution >= 0.6 is 11.6 Å². The average Bonchev–Trinajstić information content (AvgIpc) is 2.40. The van der Waals surface area contributed by atoms with Gasteiger partial charge in [0, 0.05) is 29.1 Å². The molecule has 0 unspecified atom stereocenters. The van der Waals surface area contributed by atoms with Crippen molar-refractivity contribution in [1.82, 2.24) is 0 Å². The molecule has 0 saturated heterocycles. The molecule has 0 amide bonds. The number of rotatable bonds is 4. The van der Waals surface area contributed by atoms with Crippen molar-refractivity contribution in [1.29, 1.82) is 0 Å². The Morgan fingerprint density at radius 1 is 1.25 bits per heavy atom. The van der Waals surface area contributed by atoms with Gasteiger partial charge >= 0.3 is 0 Å². The number of nitro groups is 1. The summed E-state index contributed by atoms with van der Waals surface area (Å²) in [4.78, 5) is 22.1. The van der Waals surface area contributed by atoms with Crippen LogP contribution in [0.1, 0.15) is 15.9 Å². The minimum Gasteiger partial charge on any atom is -0.294 e. The maximum atomic E-state index is 13.5. The van der Waals surface area contributed by atoms with Crippen molar-refractivity contribution in [2.75, 3.05) is 0 Å². The van der Waals surface area contributed by atoms with Gasteiger partial charge in [0.15, 0.2) is 5.78 Å². The Kier molecular flexibility index (Phi) is 4.10. The van der Waals surface area contributed by atoms with Crippen molar-refractivity contribution in [2.45, 2.75) is 6.42 Å². The van der Waals surface area contributed by atoms with Gasteiger partial charge in [-0.15, -0.1) is 0 Å². The molecule has 102 valence electrons. The Labute approximate surface area is 119 Å². The van der Waals surface area contributed by atoms with Gasteiger partial charge in [0.05, 0.1) is 4.92 Å². The lowest BCUT2D eigenvalue weighted by Crippen LogP contribution is -2.06. The molecule has 0 aliphatic carbocycles. The first-order valence-corrected chi connectivity index (χ1v) is 6.07. The Hall–Kier alpha value is -2.27. The van der Waals surface area contributed by atoms with E-state index in [0.717, 1.165) is 12.1 Å². The molecule has 0 aliphatic rings. The van der Waals surface area contributed by atoms with Crippen LogP contribution in [0.25, 0.3) is 0 Å². The summed E-state index contributed by atoms with van der Waals surface area (Å²) in [6.07, 6.45) is -0.176. The van der Waals surface area contributed by atoms with E-state index in [1.165, 1.54) is 24.3 Å². The fourth-order valence-electron chi connectivity index (χ4n) is 1.76. The summed E-state index contributed by atoms with van der Waals surface area (Å²) < 4.78 is 13.5. The zero-order chi connectivity index (χ0) is 14.7. The number of nitro benzene ring substituents is 1. The number of halogens is 2. The van der Waals surface area contributed by atoms with Crippen LogP contribution in [0.15, 0.2) is 42.5 Å². The van der Waals surface area contributed by atoms with Crippen LogP contribution in [0.4, 0.5) is 10.1 Å². The highest BCUT2D eigenvalue weighted by atomic mass is 35.5. The molecule has 2 rings (SSSR count). The lowest BCUT2D eigenvalue weighted by Gasteiger charge is -2.04. The number of nitrogens with zero attached hydrogens (tertiary/aromatic N) is 1. The Morgan fingerprint density at radius 3 is 2.60 bits per heavy atom. The third-order valence-electron chi connectivity index (χ3n) is 2.72. The lowest BCUT2D eigenvalue weighted by atomic mass is 10.0. The summed E-state index contributed by atoms with van der Waals surface area (Å²) in [6.45, 7) is 0. The third kappa shape index (κ3) is 3.19. The normalized spacial score (nSPS) is 10.3. The number of ketones is 1. The second-order valence-electron chi connectivity index (χ2n) is 4.15. The van der Waals surface area contributed by atoms with E-state index in [1.807, 2.05) is 0 Å². The molecular formula is C14H9ClFNO3. The molecule has 0 N–H and O–H groups in total. The lowest BCUT2D eigenvalue weighted by molar-refractivity contribution is -0.384. The fourth-order valence-corrected chi connectivity index (χ4v) is 1.99. The quantitative estimate of drug-likeness (QED) is 0.489. The molecule has 20 heavy (non-hydrogen) atoms. The summed E-state index contributed by atoms with van der Waals surface area (Å²) in [5.74, 6) is -0.918.